The summed E-state index contributed by atoms with van der Waals surface area (Å²) in [6, 6.07) is 13.4. The number of rotatable bonds is 6. The smallest absolute Gasteiger partial charge is 0.141 e. The van der Waals surface area contributed by atoms with Crippen molar-refractivity contribution in [1.82, 2.24) is 14.9 Å². The summed E-state index contributed by atoms with van der Waals surface area (Å²) < 4.78 is 5.28. The molecule has 0 bridgehead atoms. The molecule has 1 saturated heterocycles. The van der Waals surface area contributed by atoms with Crippen molar-refractivity contribution >= 4 is 22.4 Å². The Morgan fingerprint density at radius 3 is 3.00 bits per heavy atom. The fourth-order valence-electron chi connectivity index (χ4n) is 3.73. The first-order valence-corrected chi connectivity index (χ1v) is 9.75. The minimum atomic E-state index is -0.643. The van der Waals surface area contributed by atoms with Crippen LogP contribution >= 0.6 is 0 Å². The summed E-state index contributed by atoms with van der Waals surface area (Å²) in [5.74, 6) is 1.50. The number of piperidine rings is 1. The van der Waals surface area contributed by atoms with E-state index in [1.54, 1.807) is 13.4 Å². The maximum Gasteiger partial charge on any atom is 0.141 e. The molecule has 9 heteroatoms. The third-order valence-corrected chi connectivity index (χ3v) is 5.27. The molecule has 0 unspecified atom stereocenters. The fourth-order valence-corrected chi connectivity index (χ4v) is 3.73. The molecule has 9 nitrogen and oxygen atoms in total. The molecule has 2 N–H and O–H groups in total. The number of fused-ring (bicyclic) bond motifs is 1. The monoisotopic (exact) mass is 405 g/mol. The number of methoxy groups -OCH3 is 1. The number of nitrogens with zero attached hydrogens (tertiary/aromatic N) is 6. The molecule has 4 rings (SSSR count). The van der Waals surface area contributed by atoms with Gasteiger partial charge < -0.3 is 15.2 Å². The Morgan fingerprint density at radius 2 is 2.20 bits per heavy atom. The summed E-state index contributed by atoms with van der Waals surface area (Å²) in [4.78, 5) is 13.8. The van der Waals surface area contributed by atoms with Gasteiger partial charge in [0.15, 0.2) is 0 Å². The average molecular weight is 405 g/mol. The van der Waals surface area contributed by atoms with E-state index in [1.807, 2.05) is 42.5 Å². The predicted octanol–water partition coefficient (Wildman–Crippen LogP) is 3.63. The van der Waals surface area contributed by atoms with Gasteiger partial charge in [-0.2, -0.15) is 0 Å². The summed E-state index contributed by atoms with van der Waals surface area (Å²) >= 11 is 0. The average Bonchev–Trinajstić information content (AvgIpc) is 2.76. The van der Waals surface area contributed by atoms with E-state index in [2.05, 4.69) is 30.2 Å². The number of benzene rings is 2. The number of nitrogens with one attached hydrogen (secondary N) is 1. The van der Waals surface area contributed by atoms with Crippen LogP contribution in [0, 0.1) is 0 Å². The summed E-state index contributed by atoms with van der Waals surface area (Å²) in [5.41, 5.74) is 11.4. The molecule has 1 aliphatic rings. The second kappa shape index (κ2) is 8.96. The van der Waals surface area contributed by atoms with E-state index in [0.717, 1.165) is 40.3 Å². The lowest BCUT2D eigenvalue weighted by molar-refractivity contribution is 0.0501. The number of β-amino-alcohol motifs (C(OH)–C–C–N with tert-alkyl or cyclic N) is 1. The van der Waals surface area contributed by atoms with Gasteiger partial charge in [0.1, 0.15) is 17.9 Å². The van der Waals surface area contributed by atoms with Gasteiger partial charge in [-0.3, -0.25) is 4.90 Å². The van der Waals surface area contributed by atoms with Gasteiger partial charge in [0, 0.05) is 35.1 Å². The molecule has 1 aliphatic heterocycles. The van der Waals surface area contributed by atoms with Crippen LogP contribution in [0.5, 0.6) is 5.75 Å². The minimum Gasteiger partial charge on any atom is -0.497 e. The highest BCUT2D eigenvalue weighted by Gasteiger charge is 2.26. The highest BCUT2D eigenvalue weighted by Crippen LogP contribution is 2.26. The van der Waals surface area contributed by atoms with Crippen LogP contribution in [0.3, 0.4) is 0 Å². The largest absolute Gasteiger partial charge is 0.497 e. The zero-order valence-corrected chi connectivity index (χ0v) is 16.6. The van der Waals surface area contributed by atoms with Gasteiger partial charge in [-0.15, -0.1) is 0 Å². The number of likely N-dealkylation sites (tertiary alicyclic amines) is 1. The van der Waals surface area contributed by atoms with Gasteiger partial charge in [0.05, 0.1) is 24.8 Å². The fraction of sp³-hybridized carbons (Fsp3) is 0.333. The van der Waals surface area contributed by atoms with Crippen LogP contribution in [-0.2, 0) is 6.54 Å². The van der Waals surface area contributed by atoms with Crippen molar-refractivity contribution in [2.75, 3.05) is 25.5 Å². The number of aliphatic hydroxyl groups is 1. The molecule has 30 heavy (non-hydrogen) atoms. The van der Waals surface area contributed by atoms with Crippen LogP contribution in [0.4, 0.5) is 11.5 Å². The van der Waals surface area contributed by atoms with Crippen molar-refractivity contribution in [2.45, 2.75) is 25.1 Å². The van der Waals surface area contributed by atoms with Gasteiger partial charge in [-0.1, -0.05) is 17.2 Å². The highest BCUT2D eigenvalue weighted by molar-refractivity contribution is 5.91. The Bertz CT molecular complexity index is 1080. The number of azide groups is 1. The van der Waals surface area contributed by atoms with E-state index in [0.29, 0.717) is 19.5 Å². The minimum absolute atomic E-state index is 0.346. The first-order valence-electron chi connectivity index (χ1n) is 9.75. The quantitative estimate of drug-likeness (QED) is 0.367. The maximum atomic E-state index is 10.2. The molecular weight excluding hydrogens is 382 g/mol. The molecule has 2 atom stereocenters. The lowest BCUT2D eigenvalue weighted by Gasteiger charge is -2.33. The number of aliphatic hydroxyl groups excluding tert-OH is 1. The van der Waals surface area contributed by atoms with Crippen LogP contribution in [0.2, 0.25) is 0 Å². The van der Waals surface area contributed by atoms with E-state index < -0.39 is 6.10 Å². The number of aromatic nitrogens is 2. The summed E-state index contributed by atoms with van der Waals surface area (Å²) in [6.45, 7) is 1.94. The Balaban J connectivity index is 1.50. The summed E-state index contributed by atoms with van der Waals surface area (Å²) in [6.07, 6.45) is 1.55. The van der Waals surface area contributed by atoms with E-state index in [1.165, 1.54) is 0 Å². The summed E-state index contributed by atoms with van der Waals surface area (Å²) in [7, 11) is 1.64. The van der Waals surface area contributed by atoms with Crippen molar-refractivity contribution in [1.29, 1.82) is 0 Å². The molecule has 0 amide bonds. The Hall–Kier alpha value is -3.39. The van der Waals surface area contributed by atoms with Crippen LogP contribution in [0.25, 0.3) is 21.3 Å². The first-order chi connectivity index (χ1) is 14.7. The van der Waals surface area contributed by atoms with E-state index >= 15 is 0 Å². The van der Waals surface area contributed by atoms with Crippen molar-refractivity contribution in [3.63, 3.8) is 0 Å². The van der Waals surface area contributed by atoms with Crippen molar-refractivity contribution in [3.05, 3.63) is 64.8 Å². The van der Waals surface area contributed by atoms with Crippen molar-refractivity contribution in [3.8, 4) is 5.75 Å². The number of hydrogen-bond donors (Lipinski definition) is 2. The van der Waals surface area contributed by atoms with Gasteiger partial charge in [0.25, 0.3) is 0 Å². The number of hydrogen-bond acceptors (Lipinski definition) is 7. The molecule has 0 radical (unpaired) electrons. The molecule has 3 aromatic rings. The highest BCUT2D eigenvalue weighted by atomic mass is 16.5. The standard InChI is InChI=1S/C21H23N7O2/c1-30-16-4-2-3-15(10-16)25-21-17-6-5-14(9-19(17)23-13-24-21)11-28-8-7-18(26-27-22)20(29)12-28/h2-6,9-10,13,18,20,29H,7-8,11-12H2,1H3,(H,23,24,25)/t18-,20-/m1/s1. The van der Waals surface area contributed by atoms with Crippen LogP contribution in [0.1, 0.15) is 12.0 Å². The molecule has 1 fully saturated rings. The predicted molar refractivity (Wildman–Crippen MR) is 115 cm³/mol. The zero-order valence-electron chi connectivity index (χ0n) is 16.6. The topological polar surface area (TPSA) is 119 Å². The van der Waals surface area contributed by atoms with E-state index in [4.69, 9.17) is 10.3 Å². The van der Waals surface area contributed by atoms with E-state index in [-0.39, 0.29) is 6.04 Å². The lowest BCUT2D eigenvalue weighted by Crippen LogP contribution is -2.45. The molecule has 154 valence electrons. The van der Waals surface area contributed by atoms with Crippen LogP contribution in [0.15, 0.2) is 53.9 Å². The number of ether oxygens (including phenoxy) is 1. The second-order valence-electron chi connectivity index (χ2n) is 7.29. The van der Waals surface area contributed by atoms with Gasteiger partial charge in [-0.25, -0.2) is 9.97 Å². The van der Waals surface area contributed by atoms with Gasteiger partial charge in [-0.05, 0) is 48.3 Å². The first kappa shape index (κ1) is 19.9. The Labute approximate surface area is 174 Å². The Morgan fingerprint density at radius 1 is 1.30 bits per heavy atom. The van der Waals surface area contributed by atoms with E-state index in [9.17, 15) is 5.11 Å². The molecule has 2 heterocycles. The zero-order chi connectivity index (χ0) is 20.9. The normalized spacial score (nSPS) is 19.3. The third kappa shape index (κ3) is 4.44. The van der Waals surface area contributed by atoms with Crippen molar-refractivity contribution < 1.29 is 9.84 Å². The second-order valence-corrected chi connectivity index (χ2v) is 7.29. The van der Waals surface area contributed by atoms with Crippen LogP contribution in [-0.4, -0.2) is 52.3 Å². The van der Waals surface area contributed by atoms with Crippen molar-refractivity contribution in [2.24, 2.45) is 5.11 Å². The Kier molecular flexibility index (Phi) is 5.94. The molecule has 2 aromatic carbocycles. The molecular formula is C21H23N7O2. The molecule has 0 aliphatic carbocycles. The van der Waals surface area contributed by atoms with Gasteiger partial charge in [0.2, 0.25) is 0 Å². The third-order valence-electron chi connectivity index (χ3n) is 5.27. The SMILES string of the molecule is COc1cccc(Nc2ncnc3cc(CN4CC[C@@H](N=[N+]=[N-])[C@H](O)C4)ccc23)c1. The van der Waals surface area contributed by atoms with Gasteiger partial charge >= 0.3 is 0 Å². The molecule has 0 spiro atoms. The van der Waals surface area contributed by atoms with Crippen LogP contribution < -0.4 is 10.1 Å². The molecule has 1 aromatic heterocycles. The lowest BCUT2D eigenvalue weighted by atomic mass is 10.0. The molecule has 0 saturated carbocycles. The maximum absolute atomic E-state index is 10.2. The number of anilines is 2. The summed E-state index contributed by atoms with van der Waals surface area (Å²) in [5, 5.41) is 18.1.